The van der Waals surface area contributed by atoms with Crippen molar-refractivity contribution in [3.8, 4) is 0 Å². The maximum absolute atomic E-state index is 5.35. The number of anilines is 1. The summed E-state index contributed by atoms with van der Waals surface area (Å²) < 4.78 is 7.36. The zero-order chi connectivity index (χ0) is 11.8. The Kier molecular flexibility index (Phi) is 2.14. The Hall–Kier alpha value is -2.23. The van der Waals surface area contributed by atoms with Crippen LogP contribution in [0.1, 0.15) is 11.4 Å². The zero-order valence-corrected chi connectivity index (χ0v) is 9.77. The summed E-state index contributed by atoms with van der Waals surface area (Å²) in [6.45, 7) is 4.10. The standard InChI is InChI=1S/C13H13N3O/c1-9-3-4-10(2)16(9)15-13-11-6-8-17-12(11)5-7-14-13/h3-8H,1-2H3,(H,14,15). The molecule has 3 rings (SSSR count). The molecule has 0 aromatic carbocycles. The first-order valence-electron chi connectivity index (χ1n) is 5.50. The van der Waals surface area contributed by atoms with Gasteiger partial charge in [0.1, 0.15) is 5.58 Å². The highest BCUT2D eigenvalue weighted by Crippen LogP contribution is 2.22. The molecule has 3 aromatic heterocycles. The van der Waals surface area contributed by atoms with Crippen LogP contribution in [0.3, 0.4) is 0 Å². The van der Waals surface area contributed by atoms with Crippen molar-refractivity contribution in [3.05, 3.63) is 48.1 Å². The van der Waals surface area contributed by atoms with E-state index < -0.39 is 0 Å². The third-order valence-corrected chi connectivity index (χ3v) is 2.87. The first-order valence-corrected chi connectivity index (χ1v) is 5.50. The highest BCUT2D eigenvalue weighted by atomic mass is 16.3. The Labute approximate surface area is 98.9 Å². The predicted molar refractivity (Wildman–Crippen MR) is 66.9 cm³/mol. The van der Waals surface area contributed by atoms with Gasteiger partial charge in [-0.2, -0.15) is 0 Å². The third kappa shape index (κ3) is 1.58. The van der Waals surface area contributed by atoms with E-state index in [0.717, 1.165) is 28.2 Å². The Morgan fingerprint density at radius 1 is 1.12 bits per heavy atom. The summed E-state index contributed by atoms with van der Waals surface area (Å²) in [6, 6.07) is 7.91. The minimum atomic E-state index is 0.804. The number of furan rings is 1. The molecule has 0 fully saturated rings. The fourth-order valence-corrected chi connectivity index (χ4v) is 1.93. The van der Waals surface area contributed by atoms with Gasteiger partial charge in [-0.1, -0.05) is 0 Å². The molecule has 0 aliphatic carbocycles. The lowest BCUT2D eigenvalue weighted by Gasteiger charge is -2.12. The van der Waals surface area contributed by atoms with Crippen LogP contribution in [0.5, 0.6) is 0 Å². The SMILES string of the molecule is Cc1ccc(C)n1Nc1nccc2occc12. The molecule has 0 radical (unpaired) electrons. The molecule has 0 saturated heterocycles. The lowest BCUT2D eigenvalue weighted by molar-refractivity contribution is 0.615. The van der Waals surface area contributed by atoms with E-state index in [4.69, 9.17) is 4.42 Å². The fourth-order valence-electron chi connectivity index (χ4n) is 1.93. The quantitative estimate of drug-likeness (QED) is 0.731. The van der Waals surface area contributed by atoms with Crippen molar-refractivity contribution in [2.24, 2.45) is 0 Å². The fraction of sp³-hybridized carbons (Fsp3) is 0.154. The van der Waals surface area contributed by atoms with Crippen LogP contribution < -0.4 is 5.43 Å². The van der Waals surface area contributed by atoms with Crippen LogP contribution in [0.2, 0.25) is 0 Å². The van der Waals surface area contributed by atoms with Crippen LogP contribution in [-0.4, -0.2) is 9.66 Å². The molecule has 4 nitrogen and oxygen atoms in total. The number of aromatic nitrogens is 2. The summed E-state index contributed by atoms with van der Waals surface area (Å²) in [6.07, 6.45) is 3.41. The normalized spacial score (nSPS) is 10.9. The summed E-state index contributed by atoms with van der Waals surface area (Å²) in [5.74, 6) is 0.804. The van der Waals surface area contributed by atoms with Gasteiger partial charge in [0.25, 0.3) is 0 Å². The lowest BCUT2D eigenvalue weighted by atomic mass is 10.3. The third-order valence-electron chi connectivity index (χ3n) is 2.87. The average molecular weight is 227 g/mol. The van der Waals surface area contributed by atoms with Gasteiger partial charge in [0, 0.05) is 17.6 Å². The second kappa shape index (κ2) is 3.66. The van der Waals surface area contributed by atoms with Crippen molar-refractivity contribution >= 4 is 16.8 Å². The molecule has 0 bridgehead atoms. The van der Waals surface area contributed by atoms with Crippen LogP contribution in [0.4, 0.5) is 5.82 Å². The molecule has 0 aliphatic rings. The Balaban J connectivity index is 2.08. The average Bonchev–Trinajstić information content (AvgIpc) is 2.91. The van der Waals surface area contributed by atoms with E-state index in [1.165, 1.54) is 0 Å². The molecular weight excluding hydrogens is 214 g/mol. The summed E-state index contributed by atoms with van der Waals surface area (Å²) in [5.41, 5.74) is 6.42. The molecule has 86 valence electrons. The molecule has 0 amide bonds. The Morgan fingerprint density at radius 3 is 2.65 bits per heavy atom. The molecule has 3 heterocycles. The van der Waals surface area contributed by atoms with E-state index in [2.05, 4.69) is 36.4 Å². The largest absolute Gasteiger partial charge is 0.464 e. The minimum Gasteiger partial charge on any atom is -0.464 e. The first-order chi connectivity index (χ1) is 8.25. The maximum atomic E-state index is 5.35. The minimum absolute atomic E-state index is 0.804. The lowest BCUT2D eigenvalue weighted by Crippen LogP contribution is -2.13. The number of hydrogen-bond donors (Lipinski definition) is 1. The van der Waals surface area contributed by atoms with Crippen LogP contribution in [0.15, 0.2) is 41.1 Å². The number of nitrogens with one attached hydrogen (secondary N) is 1. The zero-order valence-electron chi connectivity index (χ0n) is 9.77. The number of nitrogens with zero attached hydrogens (tertiary/aromatic N) is 2. The van der Waals surface area contributed by atoms with Gasteiger partial charge in [0.05, 0.1) is 11.6 Å². The van der Waals surface area contributed by atoms with Gasteiger partial charge in [-0.05, 0) is 38.1 Å². The Morgan fingerprint density at radius 2 is 1.88 bits per heavy atom. The highest BCUT2D eigenvalue weighted by Gasteiger charge is 2.06. The summed E-state index contributed by atoms with van der Waals surface area (Å²) in [4.78, 5) is 4.34. The number of aryl methyl sites for hydroxylation is 2. The number of pyridine rings is 1. The second-order valence-corrected chi connectivity index (χ2v) is 4.06. The predicted octanol–water partition coefficient (Wildman–Crippen LogP) is 3.12. The van der Waals surface area contributed by atoms with Gasteiger partial charge >= 0.3 is 0 Å². The summed E-state index contributed by atoms with van der Waals surface area (Å²) in [7, 11) is 0. The monoisotopic (exact) mass is 227 g/mol. The van der Waals surface area contributed by atoms with Crippen molar-refractivity contribution in [2.45, 2.75) is 13.8 Å². The van der Waals surface area contributed by atoms with E-state index in [9.17, 15) is 0 Å². The summed E-state index contributed by atoms with van der Waals surface area (Å²) in [5, 5.41) is 0.986. The van der Waals surface area contributed by atoms with Crippen molar-refractivity contribution in [1.82, 2.24) is 9.66 Å². The van der Waals surface area contributed by atoms with Crippen molar-refractivity contribution in [3.63, 3.8) is 0 Å². The second-order valence-electron chi connectivity index (χ2n) is 4.06. The van der Waals surface area contributed by atoms with Gasteiger partial charge in [0.2, 0.25) is 0 Å². The van der Waals surface area contributed by atoms with Gasteiger partial charge < -0.3 is 4.42 Å². The molecule has 0 spiro atoms. The van der Waals surface area contributed by atoms with Crippen LogP contribution >= 0.6 is 0 Å². The van der Waals surface area contributed by atoms with E-state index in [1.807, 2.05) is 16.8 Å². The van der Waals surface area contributed by atoms with Crippen LogP contribution in [-0.2, 0) is 0 Å². The van der Waals surface area contributed by atoms with E-state index >= 15 is 0 Å². The van der Waals surface area contributed by atoms with Crippen LogP contribution in [0.25, 0.3) is 11.0 Å². The molecule has 1 N–H and O–H groups in total. The number of fused-ring (bicyclic) bond motifs is 1. The molecular formula is C13H13N3O. The smallest absolute Gasteiger partial charge is 0.156 e. The molecule has 17 heavy (non-hydrogen) atoms. The molecule has 0 aliphatic heterocycles. The van der Waals surface area contributed by atoms with E-state index in [0.29, 0.717) is 0 Å². The van der Waals surface area contributed by atoms with Crippen molar-refractivity contribution in [2.75, 3.05) is 5.43 Å². The van der Waals surface area contributed by atoms with Crippen molar-refractivity contribution in [1.29, 1.82) is 0 Å². The highest BCUT2D eigenvalue weighted by molar-refractivity contribution is 5.87. The molecule has 0 atom stereocenters. The Bertz CT molecular complexity index is 647. The van der Waals surface area contributed by atoms with E-state index in [1.54, 1.807) is 12.5 Å². The van der Waals surface area contributed by atoms with E-state index in [-0.39, 0.29) is 0 Å². The van der Waals surface area contributed by atoms with Crippen molar-refractivity contribution < 1.29 is 4.42 Å². The molecule has 0 saturated carbocycles. The first kappa shape index (κ1) is 9.96. The van der Waals surface area contributed by atoms with Gasteiger partial charge in [-0.15, -0.1) is 0 Å². The molecule has 4 heteroatoms. The van der Waals surface area contributed by atoms with Gasteiger partial charge in [0.15, 0.2) is 5.82 Å². The van der Waals surface area contributed by atoms with Gasteiger partial charge in [-0.3, -0.25) is 10.1 Å². The molecule has 3 aromatic rings. The van der Waals surface area contributed by atoms with Gasteiger partial charge in [-0.25, -0.2) is 4.98 Å². The van der Waals surface area contributed by atoms with Crippen LogP contribution in [0, 0.1) is 13.8 Å². The topological polar surface area (TPSA) is 43.0 Å². The number of rotatable bonds is 2. The molecule has 0 unspecified atom stereocenters. The maximum Gasteiger partial charge on any atom is 0.156 e. The summed E-state index contributed by atoms with van der Waals surface area (Å²) >= 11 is 0. The number of hydrogen-bond acceptors (Lipinski definition) is 3.